The zero-order valence-electron chi connectivity index (χ0n) is 12.5. The molecule has 0 aliphatic heterocycles. The summed E-state index contributed by atoms with van der Waals surface area (Å²) >= 11 is 3.86. The highest BCUT2D eigenvalue weighted by atomic mass is 32.1. The molecule has 0 atom stereocenters. The van der Waals surface area contributed by atoms with Crippen molar-refractivity contribution in [3.8, 4) is 22.6 Å². The van der Waals surface area contributed by atoms with Crippen molar-refractivity contribution in [3.05, 3.63) is 39.3 Å². The first-order chi connectivity index (χ1) is 9.90. The van der Waals surface area contributed by atoms with Crippen LogP contribution in [0, 0.1) is 13.8 Å². The van der Waals surface area contributed by atoms with E-state index in [9.17, 15) is 9.90 Å². The topological polar surface area (TPSA) is 64.3 Å². The fourth-order valence-corrected chi connectivity index (χ4v) is 2.79. The van der Waals surface area contributed by atoms with Crippen molar-refractivity contribution >= 4 is 12.9 Å². The number of hydrogen-bond donors (Lipinski definition) is 2. The number of aromatic nitrogens is 2. The number of nitrogens with zero attached hydrogens (tertiary/aromatic N) is 2. The first kappa shape index (κ1) is 15.4. The minimum absolute atomic E-state index is 0.184. The average molecular weight is 306 g/mol. The van der Waals surface area contributed by atoms with Crippen LogP contribution in [0.25, 0.3) is 11.1 Å². The molecular formula is C15H18N2O3S. The van der Waals surface area contributed by atoms with Crippen LogP contribution in [0.4, 0.5) is 0 Å². The highest BCUT2D eigenvalue weighted by Gasteiger charge is 2.21. The molecule has 2 aromatic rings. The summed E-state index contributed by atoms with van der Waals surface area (Å²) in [6.45, 7) is 5.58. The minimum Gasteiger partial charge on any atom is -0.508 e. The lowest BCUT2D eigenvalue weighted by Gasteiger charge is -2.16. The average Bonchev–Trinajstić information content (AvgIpc) is 2.42. The number of benzene rings is 1. The normalized spacial score (nSPS) is 10.7. The van der Waals surface area contributed by atoms with Crippen LogP contribution in [-0.2, 0) is 13.5 Å². The Kier molecular flexibility index (Phi) is 4.27. The Morgan fingerprint density at radius 2 is 2.00 bits per heavy atom. The van der Waals surface area contributed by atoms with E-state index in [1.807, 2.05) is 13.8 Å². The molecule has 5 nitrogen and oxygen atoms in total. The second kappa shape index (κ2) is 5.81. The van der Waals surface area contributed by atoms with E-state index >= 15 is 0 Å². The Balaban J connectivity index is 2.94. The quantitative estimate of drug-likeness (QED) is 0.676. The van der Waals surface area contributed by atoms with Gasteiger partial charge < -0.3 is 9.29 Å². The second-order valence-corrected chi connectivity index (χ2v) is 5.14. The van der Waals surface area contributed by atoms with Gasteiger partial charge in [-0.15, -0.1) is 0 Å². The van der Waals surface area contributed by atoms with E-state index in [1.165, 1.54) is 4.68 Å². The van der Waals surface area contributed by atoms with Gasteiger partial charge in [0, 0.05) is 20.0 Å². The summed E-state index contributed by atoms with van der Waals surface area (Å²) in [6.07, 6.45) is 0.682. The van der Waals surface area contributed by atoms with Gasteiger partial charge in [0.15, 0.2) is 5.75 Å². The molecule has 0 aliphatic carbocycles. The maximum absolute atomic E-state index is 12.5. The standard InChI is InChI=1S/C15H18N2O3S/c1-5-10-7-11(18)6-8(2)12(10)13-14(20-21)9(3)16-17(4)15(13)19/h6-7,18,21H,5H2,1-4H3. The minimum atomic E-state index is -0.256. The lowest BCUT2D eigenvalue weighted by molar-refractivity contribution is 0.474. The summed E-state index contributed by atoms with van der Waals surface area (Å²) in [6, 6.07) is 3.30. The maximum Gasteiger partial charge on any atom is 0.278 e. The first-order valence-corrected chi connectivity index (χ1v) is 6.99. The smallest absolute Gasteiger partial charge is 0.278 e. The van der Waals surface area contributed by atoms with E-state index in [4.69, 9.17) is 4.18 Å². The van der Waals surface area contributed by atoms with Crippen LogP contribution < -0.4 is 9.74 Å². The molecule has 112 valence electrons. The van der Waals surface area contributed by atoms with Crippen LogP contribution in [0.3, 0.4) is 0 Å². The summed E-state index contributed by atoms with van der Waals surface area (Å²) in [5.74, 6) is 0.536. The summed E-state index contributed by atoms with van der Waals surface area (Å²) in [4.78, 5) is 12.5. The van der Waals surface area contributed by atoms with Gasteiger partial charge >= 0.3 is 0 Å². The van der Waals surface area contributed by atoms with E-state index in [0.29, 0.717) is 23.4 Å². The Morgan fingerprint density at radius 3 is 2.57 bits per heavy atom. The zero-order valence-corrected chi connectivity index (χ0v) is 13.4. The van der Waals surface area contributed by atoms with E-state index in [-0.39, 0.29) is 11.3 Å². The lowest BCUT2D eigenvalue weighted by atomic mass is 9.93. The van der Waals surface area contributed by atoms with E-state index in [2.05, 4.69) is 18.0 Å². The van der Waals surface area contributed by atoms with Gasteiger partial charge in [0.05, 0.1) is 5.56 Å². The Morgan fingerprint density at radius 1 is 1.33 bits per heavy atom. The van der Waals surface area contributed by atoms with Crippen molar-refractivity contribution < 1.29 is 9.29 Å². The number of phenolic OH excluding ortho intramolecular Hbond substituents is 1. The number of aromatic hydroxyl groups is 1. The fraction of sp³-hybridized carbons (Fsp3) is 0.333. The third-order valence-corrected chi connectivity index (χ3v) is 3.67. The van der Waals surface area contributed by atoms with Gasteiger partial charge in [-0.3, -0.25) is 4.79 Å². The predicted molar refractivity (Wildman–Crippen MR) is 85.0 cm³/mol. The molecule has 0 spiro atoms. The van der Waals surface area contributed by atoms with Gasteiger partial charge in [-0.05, 0) is 49.1 Å². The molecule has 0 unspecified atom stereocenters. The number of hydrogen-bond acceptors (Lipinski definition) is 5. The Hall–Kier alpha value is -1.95. The van der Waals surface area contributed by atoms with Gasteiger partial charge in [0.1, 0.15) is 11.4 Å². The molecule has 0 saturated heterocycles. The molecule has 1 heterocycles. The summed E-state index contributed by atoms with van der Waals surface area (Å²) in [5, 5.41) is 13.9. The fourth-order valence-electron chi connectivity index (χ4n) is 2.56. The zero-order chi connectivity index (χ0) is 15.7. The van der Waals surface area contributed by atoms with Crippen molar-refractivity contribution in [1.29, 1.82) is 0 Å². The molecule has 21 heavy (non-hydrogen) atoms. The molecule has 6 heteroatoms. The van der Waals surface area contributed by atoms with Crippen LogP contribution in [0.15, 0.2) is 16.9 Å². The third-order valence-electron chi connectivity index (χ3n) is 3.49. The maximum atomic E-state index is 12.5. The predicted octanol–water partition coefficient (Wildman–Crippen LogP) is 2.56. The number of rotatable bonds is 3. The van der Waals surface area contributed by atoms with Crippen LogP contribution in [0.1, 0.15) is 23.7 Å². The Labute approximate surface area is 128 Å². The molecule has 1 N–H and O–H groups in total. The summed E-state index contributed by atoms with van der Waals surface area (Å²) in [7, 11) is 1.60. The molecule has 2 rings (SSSR count). The van der Waals surface area contributed by atoms with Crippen LogP contribution in [0.5, 0.6) is 11.5 Å². The molecule has 0 bridgehead atoms. The first-order valence-electron chi connectivity index (χ1n) is 6.62. The van der Waals surface area contributed by atoms with Crippen molar-refractivity contribution in [2.24, 2.45) is 7.05 Å². The molecular weight excluding hydrogens is 288 g/mol. The molecule has 0 radical (unpaired) electrons. The van der Waals surface area contributed by atoms with Crippen LogP contribution in [-0.4, -0.2) is 14.9 Å². The van der Waals surface area contributed by atoms with Gasteiger partial charge in [-0.1, -0.05) is 6.92 Å². The van der Waals surface area contributed by atoms with Crippen molar-refractivity contribution in [2.45, 2.75) is 27.2 Å². The number of aryl methyl sites for hydroxylation is 4. The highest BCUT2D eigenvalue weighted by Crippen LogP contribution is 2.36. The SMILES string of the molecule is CCc1cc(O)cc(C)c1-c1c(OS)c(C)nn(C)c1=O. The monoisotopic (exact) mass is 306 g/mol. The van der Waals surface area contributed by atoms with Crippen LogP contribution in [0.2, 0.25) is 0 Å². The summed E-state index contributed by atoms with van der Waals surface area (Å²) in [5.41, 5.74) is 3.20. The summed E-state index contributed by atoms with van der Waals surface area (Å²) < 4.78 is 6.39. The molecule has 0 aliphatic rings. The molecule has 0 amide bonds. The molecule has 0 saturated carbocycles. The number of thiol groups is 1. The van der Waals surface area contributed by atoms with Crippen LogP contribution >= 0.6 is 12.9 Å². The van der Waals surface area contributed by atoms with E-state index in [0.717, 1.165) is 16.7 Å². The third kappa shape index (κ3) is 2.63. The van der Waals surface area contributed by atoms with Gasteiger partial charge in [-0.25, -0.2) is 4.68 Å². The van der Waals surface area contributed by atoms with Crippen molar-refractivity contribution in [1.82, 2.24) is 9.78 Å². The van der Waals surface area contributed by atoms with Crippen molar-refractivity contribution in [2.75, 3.05) is 0 Å². The lowest BCUT2D eigenvalue weighted by Crippen LogP contribution is -2.23. The molecule has 0 fully saturated rings. The molecule has 1 aromatic heterocycles. The van der Waals surface area contributed by atoms with Gasteiger partial charge in [0.2, 0.25) is 0 Å². The van der Waals surface area contributed by atoms with Gasteiger partial charge in [0.25, 0.3) is 5.56 Å². The number of phenols is 1. The Bertz CT molecular complexity index is 754. The van der Waals surface area contributed by atoms with Crippen molar-refractivity contribution in [3.63, 3.8) is 0 Å². The second-order valence-electron chi connectivity index (χ2n) is 4.96. The highest BCUT2D eigenvalue weighted by molar-refractivity contribution is 7.75. The largest absolute Gasteiger partial charge is 0.508 e. The van der Waals surface area contributed by atoms with Gasteiger partial charge in [-0.2, -0.15) is 5.10 Å². The van der Waals surface area contributed by atoms with E-state index in [1.54, 1.807) is 26.1 Å². The molecule has 1 aromatic carbocycles. The van der Waals surface area contributed by atoms with E-state index < -0.39 is 0 Å².